The predicted molar refractivity (Wildman–Crippen MR) is 174 cm³/mol. The van der Waals surface area contributed by atoms with Crippen LogP contribution in [0.3, 0.4) is 0 Å². The molecule has 43 heavy (non-hydrogen) atoms. The minimum Gasteiger partial charge on any atom is -0.502 e. The van der Waals surface area contributed by atoms with E-state index >= 15 is 0 Å². The molecule has 6 rings (SSSR count). The van der Waals surface area contributed by atoms with Crippen molar-refractivity contribution >= 4 is 0 Å². The van der Waals surface area contributed by atoms with E-state index in [0.29, 0.717) is 24.2 Å². The van der Waals surface area contributed by atoms with Crippen molar-refractivity contribution < 1.29 is 17.1 Å². The largest absolute Gasteiger partial charge is 2.00 e. The first-order valence-corrected chi connectivity index (χ1v) is 14.9. The van der Waals surface area contributed by atoms with E-state index in [1.807, 2.05) is 0 Å². The summed E-state index contributed by atoms with van der Waals surface area (Å²) in [5.41, 5.74) is 5.31. The van der Waals surface area contributed by atoms with Gasteiger partial charge in [-0.2, -0.15) is 13.3 Å². The number of benzene rings is 4. The maximum absolute atomic E-state index is 2.26. The number of hydrogen-bond acceptors (Lipinski definition) is 4. The molecule has 0 spiro atoms. The maximum atomic E-state index is 2.26. The summed E-state index contributed by atoms with van der Waals surface area (Å²) in [6.45, 7) is 13.3. The van der Waals surface area contributed by atoms with Gasteiger partial charge in [0, 0.05) is 24.2 Å². The Balaban J connectivity index is 0.000000192. The molecule has 4 atom stereocenters. The quantitative estimate of drug-likeness (QED) is 0.146. The Morgan fingerprint density at radius 1 is 0.349 bits per heavy atom. The molecular formula is C38H42FeN4. The van der Waals surface area contributed by atoms with E-state index in [2.05, 4.69) is 207 Å². The van der Waals surface area contributed by atoms with Crippen LogP contribution in [0.15, 0.2) is 146 Å². The van der Waals surface area contributed by atoms with Gasteiger partial charge < -0.3 is 19.6 Å². The van der Waals surface area contributed by atoms with Crippen molar-refractivity contribution in [3.63, 3.8) is 0 Å². The summed E-state index contributed by atoms with van der Waals surface area (Å²) >= 11 is 0. The molecule has 0 aromatic heterocycles. The fourth-order valence-corrected chi connectivity index (χ4v) is 5.30. The summed E-state index contributed by atoms with van der Waals surface area (Å²) in [4.78, 5) is 9.03. The van der Waals surface area contributed by atoms with Crippen LogP contribution in [0.1, 0.15) is 74.1 Å². The van der Waals surface area contributed by atoms with Gasteiger partial charge in [0.15, 0.2) is 0 Å². The van der Waals surface area contributed by atoms with E-state index in [9.17, 15) is 0 Å². The molecule has 0 saturated carbocycles. The monoisotopic (exact) mass is 610 g/mol. The van der Waals surface area contributed by atoms with Crippen LogP contribution in [-0.4, -0.2) is 19.6 Å². The van der Waals surface area contributed by atoms with E-state index < -0.39 is 0 Å². The molecule has 4 unspecified atom stereocenters. The van der Waals surface area contributed by atoms with Crippen LogP contribution in [0.4, 0.5) is 0 Å². The van der Waals surface area contributed by atoms with Crippen LogP contribution >= 0.6 is 0 Å². The topological polar surface area (TPSA) is 13.0 Å². The third-order valence-corrected chi connectivity index (χ3v) is 8.27. The first-order valence-electron chi connectivity index (χ1n) is 14.9. The van der Waals surface area contributed by atoms with Crippen molar-refractivity contribution in [2.24, 2.45) is 0 Å². The zero-order valence-corrected chi connectivity index (χ0v) is 26.6. The van der Waals surface area contributed by atoms with Gasteiger partial charge in [-0.1, -0.05) is 121 Å². The molecule has 0 radical (unpaired) electrons. The molecule has 0 amide bonds. The van der Waals surface area contributed by atoms with Crippen molar-refractivity contribution in [3.05, 3.63) is 182 Å². The number of rotatable bonds is 8. The van der Waals surface area contributed by atoms with Crippen LogP contribution in [0, 0.1) is 13.3 Å². The first-order chi connectivity index (χ1) is 20.5. The fraction of sp³-hybridized carbons (Fsp3) is 0.211. The summed E-state index contributed by atoms with van der Waals surface area (Å²) in [6, 6.07) is 43.8. The summed E-state index contributed by atoms with van der Waals surface area (Å²) in [5, 5.41) is 0. The van der Waals surface area contributed by atoms with E-state index in [1.165, 1.54) is 22.3 Å². The average molecular weight is 611 g/mol. The Morgan fingerprint density at radius 3 is 0.721 bits per heavy atom. The van der Waals surface area contributed by atoms with Gasteiger partial charge in [0.2, 0.25) is 0 Å². The van der Waals surface area contributed by atoms with E-state index in [0.717, 1.165) is 0 Å². The molecule has 0 aliphatic carbocycles. The molecule has 0 bridgehead atoms. The van der Waals surface area contributed by atoms with Crippen LogP contribution in [-0.2, 0) is 17.1 Å². The zero-order valence-electron chi connectivity index (χ0n) is 25.5. The Hall–Kier alpha value is -3.92. The predicted octanol–water partition coefficient (Wildman–Crippen LogP) is 9.43. The second kappa shape index (κ2) is 15.5. The zero-order chi connectivity index (χ0) is 29.3. The van der Waals surface area contributed by atoms with Gasteiger partial charge in [-0.05, 0) is 74.7 Å². The molecule has 222 valence electrons. The average Bonchev–Trinajstić information content (AvgIpc) is 3.77. The van der Waals surface area contributed by atoms with E-state index in [1.54, 1.807) is 0 Å². The molecule has 0 fully saturated rings. The van der Waals surface area contributed by atoms with Gasteiger partial charge >= 0.3 is 17.1 Å². The van der Waals surface area contributed by atoms with Crippen molar-refractivity contribution in [1.82, 2.24) is 19.6 Å². The number of hydrogen-bond donors (Lipinski definition) is 0. The summed E-state index contributed by atoms with van der Waals surface area (Å²) < 4.78 is 0. The number of nitrogens with zero attached hydrogens (tertiary/aromatic N) is 4. The Morgan fingerprint density at radius 2 is 0.535 bits per heavy atom. The summed E-state index contributed by atoms with van der Waals surface area (Å²) in [6.07, 6.45) is 8.60. The molecule has 5 heteroatoms. The van der Waals surface area contributed by atoms with E-state index in [-0.39, 0.29) is 17.1 Å². The SMILES string of the molecule is CC(c1ccccc1)N1C=CN(C(C)c2ccccc2)[CH-]1.CC(c1ccccc1)N1C=CN(C(C)c2ccccc2)[CH-]1.[Fe+2]. The van der Waals surface area contributed by atoms with Crippen LogP contribution in [0.2, 0.25) is 0 Å². The third-order valence-electron chi connectivity index (χ3n) is 8.27. The molecule has 4 aromatic rings. The Labute approximate surface area is 269 Å². The minimum absolute atomic E-state index is 0. The second-order valence-corrected chi connectivity index (χ2v) is 11.0. The van der Waals surface area contributed by atoms with Gasteiger partial charge in [-0.3, -0.25) is 0 Å². The molecule has 2 aliphatic rings. The molecule has 0 saturated heterocycles. The Bertz CT molecular complexity index is 1190. The van der Waals surface area contributed by atoms with Crippen molar-refractivity contribution in [2.75, 3.05) is 0 Å². The molecule has 0 N–H and O–H groups in total. The molecule has 2 aliphatic heterocycles. The normalized spacial score (nSPS) is 16.7. The molecule has 4 nitrogen and oxygen atoms in total. The Kier molecular flexibility index (Phi) is 11.6. The summed E-state index contributed by atoms with van der Waals surface area (Å²) in [7, 11) is 0. The standard InChI is InChI=1S/2C19H21N2.Fe/c2*1-16(18-9-5-3-6-10-18)20-13-14-21(15-20)17(2)19-11-7-4-8-12-19;/h2*3-17H,1-2H3;/q2*-1;+2. The minimum atomic E-state index is 0. The van der Waals surface area contributed by atoms with Crippen molar-refractivity contribution in [1.29, 1.82) is 0 Å². The maximum Gasteiger partial charge on any atom is 2.00 e. The molecule has 2 heterocycles. The second-order valence-electron chi connectivity index (χ2n) is 11.0. The van der Waals surface area contributed by atoms with E-state index in [4.69, 9.17) is 0 Å². The van der Waals surface area contributed by atoms with Crippen molar-refractivity contribution in [2.45, 2.75) is 51.9 Å². The van der Waals surface area contributed by atoms with Gasteiger partial charge in [-0.15, -0.1) is 0 Å². The summed E-state index contributed by atoms with van der Waals surface area (Å²) in [5.74, 6) is 0. The van der Waals surface area contributed by atoms with Crippen LogP contribution in [0.25, 0.3) is 0 Å². The first kappa shape index (κ1) is 32.0. The third kappa shape index (κ3) is 8.13. The molecular weight excluding hydrogens is 568 g/mol. The van der Waals surface area contributed by atoms with Crippen LogP contribution < -0.4 is 0 Å². The smallest absolute Gasteiger partial charge is 0.502 e. The van der Waals surface area contributed by atoms with Gasteiger partial charge in [0.05, 0.1) is 0 Å². The van der Waals surface area contributed by atoms with Crippen molar-refractivity contribution in [3.8, 4) is 0 Å². The fourth-order valence-electron chi connectivity index (χ4n) is 5.30. The van der Waals surface area contributed by atoms with Gasteiger partial charge in [0.25, 0.3) is 0 Å². The van der Waals surface area contributed by atoms with Crippen LogP contribution in [0.5, 0.6) is 0 Å². The molecule has 4 aromatic carbocycles. The van der Waals surface area contributed by atoms with Gasteiger partial charge in [-0.25, -0.2) is 0 Å². The van der Waals surface area contributed by atoms with Gasteiger partial charge in [0.1, 0.15) is 0 Å².